The maximum atomic E-state index is 13.2. The molecule has 40 heavy (non-hydrogen) atoms. The normalized spacial score (nSPS) is 38.1. The fraction of sp³-hybridized carbons (Fsp3) is 0.735. The number of pyridine rings is 1. The first-order chi connectivity index (χ1) is 19.2. The third-order valence-corrected chi connectivity index (χ3v) is 12.5. The number of nitrogens with zero attached hydrogens (tertiary/aromatic N) is 3. The molecule has 1 saturated heterocycles. The molecule has 4 aliphatic carbocycles. The van der Waals surface area contributed by atoms with Crippen molar-refractivity contribution in [3.63, 3.8) is 0 Å². The van der Waals surface area contributed by atoms with Crippen LogP contribution in [0.5, 0.6) is 0 Å². The molecule has 6 rings (SSSR count). The van der Waals surface area contributed by atoms with Crippen molar-refractivity contribution in [1.82, 2.24) is 14.8 Å². The number of hydrogen-bond acceptors (Lipinski definition) is 4. The topological polar surface area (TPSA) is 73.7 Å². The maximum absolute atomic E-state index is 13.2. The molecule has 3 saturated carbocycles. The van der Waals surface area contributed by atoms with Crippen molar-refractivity contribution in [2.45, 2.75) is 91.1 Å². The fourth-order valence-corrected chi connectivity index (χ4v) is 10.2. The van der Waals surface area contributed by atoms with Crippen LogP contribution in [-0.2, 0) is 4.79 Å². The molecule has 4 fully saturated rings. The van der Waals surface area contributed by atoms with E-state index in [1.807, 2.05) is 9.80 Å². The van der Waals surface area contributed by atoms with Crippen molar-refractivity contribution < 1.29 is 14.7 Å². The Morgan fingerprint density at radius 3 is 2.58 bits per heavy atom. The molecule has 6 heteroatoms. The molecule has 0 radical (unpaired) electrons. The first kappa shape index (κ1) is 27.9. The molecule has 218 valence electrons. The molecule has 5 aliphatic rings. The Balaban J connectivity index is 1.02. The summed E-state index contributed by atoms with van der Waals surface area (Å²) in [4.78, 5) is 33.8. The van der Waals surface area contributed by atoms with E-state index < -0.39 is 0 Å². The SMILES string of the molecule is C[C@H](CCC(=O)N1CCN(C(=O)c2cccnc2)CC1)[C@H]1CC[C@H]2[C@@H]3CC=C4C[C@@H](O)CC[C@]4(C)[C@H]3CC[C@]12C. The highest BCUT2D eigenvalue weighted by Gasteiger charge is 2.59. The Kier molecular flexibility index (Phi) is 7.60. The predicted octanol–water partition coefficient (Wildman–Crippen LogP) is 5.72. The molecule has 2 amide bonds. The van der Waals surface area contributed by atoms with Crippen LogP contribution >= 0.6 is 0 Å². The van der Waals surface area contributed by atoms with E-state index in [9.17, 15) is 14.7 Å². The summed E-state index contributed by atoms with van der Waals surface area (Å²) < 4.78 is 0. The molecule has 0 bridgehead atoms. The van der Waals surface area contributed by atoms with Gasteiger partial charge in [-0.2, -0.15) is 0 Å². The van der Waals surface area contributed by atoms with Gasteiger partial charge in [0.15, 0.2) is 0 Å². The quantitative estimate of drug-likeness (QED) is 0.479. The van der Waals surface area contributed by atoms with Crippen molar-refractivity contribution in [3.8, 4) is 0 Å². The number of allylic oxidation sites excluding steroid dienone is 1. The first-order valence-electron chi connectivity index (χ1n) is 16.1. The van der Waals surface area contributed by atoms with Crippen LogP contribution in [0.2, 0.25) is 0 Å². The molecule has 1 N–H and O–H groups in total. The van der Waals surface area contributed by atoms with Gasteiger partial charge < -0.3 is 14.9 Å². The zero-order valence-electron chi connectivity index (χ0n) is 24.9. The van der Waals surface area contributed by atoms with Crippen molar-refractivity contribution in [1.29, 1.82) is 0 Å². The minimum Gasteiger partial charge on any atom is -0.393 e. The molecule has 2 heterocycles. The second kappa shape index (κ2) is 10.9. The van der Waals surface area contributed by atoms with E-state index >= 15 is 0 Å². The van der Waals surface area contributed by atoms with Gasteiger partial charge in [-0.1, -0.05) is 32.4 Å². The largest absolute Gasteiger partial charge is 0.393 e. The Hall–Kier alpha value is -2.21. The summed E-state index contributed by atoms with van der Waals surface area (Å²) in [6.45, 7) is 9.94. The lowest BCUT2D eigenvalue weighted by Gasteiger charge is -2.58. The van der Waals surface area contributed by atoms with Gasteiger partial charge in [-0.25, -0.2) is 0 Å². The van der Waals surface area contributed by atoms with Gasteiger partial charge in [0.1, 0.15) is 0 Å². The lowest BCUT2D eigenvalue weighted by molar-refractivity contribution is -0.133. The minimum absolute atomic E-state index is 0.00678. The Morgan fingerprint density at radius 2 is 1.82 bits per heavy atom. The van der Waals surface area contributed by atoms with Crippen LogP contribution in [0.1, 0.15) is 95.3 Å². The number of piperazine rings is 1. The Morgan fingerprint density at radius 1 is 1.05 bits per heavy atom. The minimum atomic E-state index is -0.137. The van der Waals surface area contributed by atoms with E-state index in [1.54, 1.807) is 30.1 Å². The summed E-state index contributed by atoms with van der Waals surface area (Å²) in [5.74, 6) is 3.87. The molecule has 0 spiro atoms. The number of aliphatic hydroxyl groups is 1. The smallest absolute Gasteiger partial charge is 0.255 e. The van der Waals surface area contributed by atoms with E-state index in [1.165, 1.54) is 32.1 Å². The summed E-state index contributed by atoms with van der Waals surface area (Å²) in [6.07, 6.45) is 16.8. The van der Waals surface area contributed by atoms with E-state index in [2.05, 4.69) is 31.8 Å². The molecular formula is C34H49N3O3. The van der Waals surface area contributed by atoms with Crippen molar-refractivity contribution >= 4 is 11.8 Å². The van der Waals surface area contributed by atoms with Crippen LogP contribution < -0.4 is 0 Å². The van der Waals surface area contributed by atoms with Crippen molar-refractivity contribution in [2.75, 3.05) is 26.2 Å². The Bertz CT molecular complexity index is 1130. The summed E-state index contributed by atoms with van der Waals surface area (Å²) in [5, 5.41) is 10.3. The van der Waals surface area contributed by atoms with Crippen LogP contribution in [0.15, 0.2) is 36.2 Å². The Labute approximate surface area is 240 Å². The van der Waals surface area contributed by atoms with Gasteiger partial charge in [-0.15, -0.1) is 0 Å². The van der Waals surface area contributed by atoms with E-state index in [4.69, 9.17) is 0 Å². The zero-order valence-corrected chi connectivity index (χ0v) is 24.9. The monoisotopic (exact) mass is 547 g/mol. The average Bonchev–Trinajstić information content (AvgIpc) is 3.33. The third-order valence-electron chi connectivity index (χ3n) is 12.5. The summed E-state index contributed by atoms with van der Waals surface area (Å²) in [7, 11) is 0. The highest BCUT2D eigenvalue weighted by Crippen LogP contribution is 2.67. The molecule has 1 aromatic heterocycles. The molecule has 6 nitrogen and oxygen atoms in total. The van der Waals surface area contributed by atoms with Crippen molar-refractivity contribution in [3.05, 3.63) is 41.7 Å². The lowest BCUT2D eigenvalue weighted by atomic mass is 9.47. The molecule has 1 aromatic rings. The first-order valence-corrected chi connectivity index (χ1v) is 16.1. The van der Waals surface area contributed by atoms with Crippen LogP contribution in [0.25, 0.3) is 0 Å². The molecular weight excluding hydrogens is 498 g/mol. The van der Waals surface area contributed by atoms with Gasteiger partial charge >= 0.3 is 0 Å². The van der Waals surface area contributed by atoms with Gasteiger partial charge in [-0.3, -0.25) is 14.6 Å². The van der Waals surface area contributed by atoms with Crippen molar-refractivity contribution in [2.24, 2.45) is 40.4 Å². The number of carbonyl (C=O) groups excluding carboxylic acids is 2. The van der Waals surface area contributed by atoms with Gasteiger partial charge in [0.05, 0.1) is 11.7 Å². The molecule has 0 aromatic carbocycles. The highest BCUT2D eigenvalue weighted by molar-refractivity contribution is 5.94. The van der Waals surface area contributed by atoms with Crippen LogP contribution in [-0.4, -0.2) is 64.0 Å². The lowest BCUT2D eigenvalue weighted by Crippen LogP contribution is -2.51. The molecule has 1 aliphatic heterocycles. The van der Waals surface area contributed by atoms with Gasteiger partial charge in [0.2, 0.25) is 5.91 Å². The van der Waals surface area contributed by atoms with Crippen LogP contribution in [0, 0.1) is 40.4 Å². The highest BCUT2D eigenvalue weighted by atomic mass is 16.3. The molecule has 0 unspecified atom stereocenters. The molecule has 8 atom stereocenters. The van der Waals surface area contributed by atoms with E-state index in [-0.39, 0.29) is 17.9 Å². The summed E-state index contributed by atoms with van der Waals surface area (Å²) in [5.41, 5.74) is 2.86. The standard InChI is InChI=1S/C34H49N3O3/c1-23(6-11-31(39)36-17-19-37(20-18-36)32(40)24-5-4-16-35-22-24)28-9-10-29-27-8-7-25-21-26(38)12-14-33(25,2)30(27)13-15-34(28,29)3/h4-5,7,16,22-23,26-30,38H,6,8-15,17-21H2,1-3H3/t23-,26+,27+,28-,29+,30+,33+,34-/m1/s1. The van der Waals surface area contributed by atoms with E-state index in [0.717, 1.165) is 43.4 Å². The number of aliphatic hydroxyl groups excluding tert-OH is 1. The van der Waals surface area contributed by atoms with E-state index in [0.29, 0.717) is 60.8 Å². The van der Waals surface area contributed by atoms with Crippen LogP contribution in [0.3, 0.4) is 0 Å². The number of rotatable bonds is 5. The third kappa shape index (κ3) is 4.82. The second-order valence-corrected chi connectivity index (χ2v) is 14.3. The number of amides is 2. The maximum Gasteiger partial charge on any atom is 0.255 e. The summed E-state index contributed by atoms with van der Waals surface area (Å²) in [6, 6.07) is 3.59. The van der Waals surface area contributed by atoms with Gasteiger partial charge in [0, 0.05) is 45.0 Å². The number of aromatic nitrogens is 1. The predicted molar refractivity (Wildman–Crippen MR) is 156 cm³/mol. The van der Waals surface area contributed by atoms with Gasteiger partial charge in [-0.05, 0) is 110 Å². The van der Waals surface area contributed by atoms with Crippen LogP contribution in [0.4, 0.5) is 0 Å². The summed E-state index contributed by atoms with van der Waals surface area (Å²) >= 11 is 0. The fourth-order valence-electron chi connectivity index (χ4n) is 10.2. The number of carbonyl (C=O) groups is 2. The average molecular weight is 548 g/mol. The zero-order chi connectivity index (χ0) is 28.1. The number of fused-ring (bicyclic) bond motifs is 5. The van der Waals surface area contributed by atoms with Gasteiger partial charge in [0.25, 0.3) is 5.91 Å². The second-order valence-electron chi connectivity index (χ2n) is 14.3. The number of hydrogen-bond donors (Lipinski definition) is 1.